The van der Waals surface area contributed by atoms with E-state index in [-0.39, 0.29) is 0 Å². The highest BCUT2D eigenvalue weighted by atomic mass is 15.2. The van der Waals surface area contributed by atoms with Gasteiger partial charge in [0.2, 0.25) is 5.95 Å². The van der Waals surface area contributed by atoms with Crippen LogP contribution in [-0.4, -0.2) is 29.6 Å². The fraction of sp³-hybridized carbons (Fsp3) is 0.750. The number of nitrogens with one attached hydrogen (secondary N) is 1. The number of nitrogens with zero attached hydrogens (tertiary/aromatic N) is 3. The van der Waals surface area contributed by atoms with E-state index in [0.717, 1.165) is 37.8 Å². The molecule has 1 N–H and O–H groups in total. The predicted molar refractivity (Wildman–Crippen MR) is 87.6 cm³/mol. The van der Waals surface area contributed by atoms with Crippen LogP contribution in [0.1, 0.15) is 58.4 Å². The van der Waals surface area contributed by atoms with E-state index in [9.17, 15) is 0 Å². The maximum Gasteiger partial charge on any atom is 0.224 e. The van der Waals surface area contributed by atoms with Crippen LogP contribution in [0, 0.1) is 6.92 Å². The molecule has 0 aliphatic carbocycles. The third-order valence-corrected chi connectivity index (χ3v) is 3.34. The lowest BCUT2D eigenvalue weighted by Crippen LogP contribution is -2.27. The standard InChI is InChI=1S/C16H30N4/c1-5-8-11-20(12-9-6-2)15-14(4)13-18-16(19-15)17-10-7-3/h13H,5-12H2,1-4H3,(H,17,18,19). The van der Waals surface area contributed by atoms with Crippen molar-refractivity contribution in [2.75, 3.05) is 29.9 Å². The second kappa shape index (κ2) is 9.56. The zero-order chi connectivity index (χ0) is 14.8. The topological polar surface area (TPSA) is 41.1 Å². The molecule has 0 radical (unpaired) electrons. The van der Waals surface area contributed by atoms with Crippen molar-refractivity contribution in [3.05, 3.63) is 11.8 Å². The molecule has 1 rings (SSSR count). The number of aryl methyl sites for hydroxylation is 1. The van der Waals surface area contributed by atoms with Gasteiger partial charge >= 0.3 is 0 Å². The molecule has 0 fully saturated rings. The summed E-state index contributed by atoms with van der Waals surface area (Å²) in [5.74, 6) is 1.85. The largest absolute Gasteiger partial charge is 0.356 e. The minimum absolute atomic E-state index is 0.755. The highest BCUT2D eigenvalue weighted by Crippen LogP contribution is 2.19. The van der Waals surface area contributed by atoms with Crippen LogP contribution >= 0.6 is 0 Å². The molecule has 4 heteroatoms. The Morgan fingerprint density at radius 3 is 2.25 bits per heavy atom. The van der Waals surface area contributed by atoms with Crippen LogP contribution in [-0.2, 0) is 0 Å². The molecular weight excluding hydrogens is 248 g/mol. The zero-order valence-corrected chi connectivity index (χ0v) is 13.6. The molecule has 0 unspecified atom stereocenters. The lowest BCUT2D eigenvalue weighted by atomic mass is 10.2. The van der Waals surface area contributed by atoms with Crippen LogP contribution in [0.15, 0.2) is 6.20 Å². The highest BCUT2D eigenvalue weighted by Gasteiger charge is 2.11. The SMILES string of the molecule is CCCCN(CCCC)c1nc(NCCC)ncc1C. The maximum atomic E-state index is 4.72. The average molecular weight is 278 g/mol. The Hall–Kier alpha value is -1.32. The number of hydrogen-bond acceptors (Lipinski definition) is 4. The molecule has 20 heavy (non-hydrogen) atoms. The summed E-state index contributed by atoms with van der Waals surface area (Å²) in [6, 6.07) is 0. The Kier molecular flexibility index (Phi) is 8.00. The summed E-state index contributed by atoms with van der Waals surface area (Å²) in [5.41, 5.74) is 1.17. The van der Waals surface area contributed by atoms with Crippen LogP contribution in [0.3, 0.4) is 0 Å². The van der Waals surface area contributed by atoms with Gasteiger partial charge in [-0.1, -0.05) is 33.6 Å². The van der Waals surface area contributed by atoms with Crippen LogP contribution in [0.2, 0.25) is 0 Å². The second-order valence-corrected chi connectivity index (χ2v) is 5.32. The molecule has 0 aliphatic rings. The van der Waals surface area contributed by atoms with Crippen molar-refractivity contribution in [3.63, 3.8) is 0 Å². The molecule has 114 valence electrons. The first-order valence-corrected chi connectivity index (χ1v) is 8.05. The van der Waals surface area contributed by atoms with Gasteiger partial charge in [-0.2, -0.15) is 4.98 Å². The van der Waals surface area contributed by atoms with Gasteiger partial charge in [0.1, 0.15) is 5.82 Å². The molecule has 0 spiro atoms. The van der Waals surface area contributed by atoms with E-state index in [1.165, 1.54) is 31.2 Å². The Labute approximate surface area is 124 Å². The van der Waals surface area contributed by atoms with Gasteiger partial charge in [-0.15, -0.1) is 0 Å². The Morgan fingerprint density at radius 1 is 1.05 bits per heavy atom. The lowest BCUT2D eigenvalue weighted by Gasteiger charge is -2.25. The zero-order valence-electron chi connectivity index (χ0n) is 13.6. The first-order valence-electron chi connectivity index (χ1n) is 8.05. The molecule has 0 amide bonds. The van der Waals surface area contributed by atoms with E-state index in [1.807, 2.05) is 6.20 Å². The Bertz CT molecular complexity index is 371. The number of anilines is 2. The second-order valence-electron chi connectivity index (χ2n) is 5.32. The fourth-order valence-corrected chi connectivity index (χ4v) is 2.10. The van der Waals surface area contributed by atoms with Crippen molar-refractivity contribution in [1.82, 2.24) is 9.97 Å². The van der Waals surface area contributed by atoms with Gasteiger partial charge in [0, 0.05) is 31.4 Å². The molecule has 0 saturated carbocycles. The van der Waals surface area contributed by atoms with Crippen molar-refractivity contribution in [3.8, 4) is 0 Å². The molecule has 1 aromatic heterocycles. The van der Waals surface area contributed by atoms with E-state index >= 15 is 0 Å². The van der Waals surface area contributed by atoms with E-state index in [2.05, 4.69) is 42.9 Å². The van der Waals surface area contributed by atoms with E-state index in [4.69, 9.17) is 4.98 Å². The molecular formula is C16H30N4. The first-order chi connectivity index (χ1) is 9.72. The van der Waals surface area contributed by atoms with Crippen LogP contribution in [0.5, 0.6) is 0 Å². The number of aromatic nitrogens is 2. The van der Waals surface area contributed by atoms with Gasteiger partial charge < -0.3 is 10.2 Å². The third-order valence-electron chi connectivity index (χ3n) is 3.34. The van der Waals surface area contributed by atoms with E-state index < -0.39 is 0 Å². The fourth-order valence-electron chi connectivity index (χ4n) is 2.10. The van der Waals surface area contributed by atoms with Gasteiger partial charge in [0.15, 0.2) is 0 Å². The van der Waals surface area contributed by atoms with Gasteiger partial charge in [-0.3, -0.25) is 0 Å². The maximum absolute atomic E-state index is 4.72. The predicted octanol–water partition coefficient (Wildman–Crippen LogP) is 4.01. The summed E-state index contributed by atoms with van der Waals surface area (Å²) < 4.78 is 0. The summed E-state index contributed by atoms with van der Waals surface area (Å²) in [6.07, 6.45) is 7.88. The van der Waals surface area contributed by atoms with Gasteiger partial charge in [-0.25, -0.2) is 4.98 Å². The summed E-state index contributed by atoms with van der Waals surface area (Å²) >= 11 is 0. The highest BCUT2D eigenvalue weighted by molar-refractivity contribution is 5.48. The molecule has 0 bridgehead atoms. The lowest BCUT2D eigenvalue weighted by molar-refractivity contribution is 0.669. The number of unbranched alkanes of at least 4 members (excludes halogenated alkanes) is 2. The normalized spacial score (nSPS) is 10.6. The monoisotopic (exact) mass is 278 g/mol. The van der Waals surface area contributed by atoms with Crippen molar-refractivity contribution in [2.24, 2.45) is 0 Å². The van der Waals surface area contributed by atoms with E-state index in [0.29, 0.717) is 0 Å². The summed E-state index contributed by atoms with van der Waals surface area (Å²) in [6.45, 7) is 11.8. The van der Waals surface area contributed by atoms with Crippen molar-refractivity contribution < 1.29 is 0 Å². The summed E-state index contributed by atoms with van der Waals surface area (Å²) in [7, 11) is 0. The van der Waals surface area contributed by atoms with Gasteiger partial charge in [-0.05, 0) is 26.2 Å². The third kappa shape index (κ3) is 5.35. The molecule has 1 heterocycles. The summed E-state index contributed by atoms with van der Waals surface area (Å²) in [5, 5.41) is 3.28. The molecule has 0 atom stereocenters. The van der Waals surface area contributed by atoms with Crippen molar-refractivity contribution in [2.45, 2.75) is 59.8 Å². The number of hydrogen-bond donors (Lipinski definition) is 1. The van der Waals surface area contributed by atoms with Crippen LogP contribution < -0.4 is 10.2 Å². The Morgan fingerprint density at radius 2 is 1.70 bits per heavy atom. The first kappa shape index (κ1) is 16.7. The molecule has 0 aromatic carbocycles. The number of rotatable bonds is 10. The molecule has 1 aromatic rings. The Balaban J connectivity index is 2.85. The van der Waals surface area contributed by atoms with Crippen LogP contribution in [0.25, 0.3) is 0 Å². The van der Waals surface area contributed by atoms with Gasteiger partial charge in [0.25, 0.3) is 0 Å². The van der Waals surface area contributed by atoms with Crippen molar-refractivity contribution >= 4 is 11.8 Å². The van der Waals surface area contributed by atoms with Crippen molar-refractivity contribution in [1.29, 1.82) is 0 Å². The minimum atomic E-state index is 0.755. The molecule has 0 aliphatic heterocycles. The van der Waals surface area contributed by atoms with E-state index in [1.54, 1.807) is 0 Å². The minimum Gasteiger partial charge on any atom is -0.356 e. The quantitative estimate of drug-likeness (QED) is 0.702. The molecule has 4 nitrogen and oxygen atoms in total. The average Bonchev–Trinajstić information content (AvgIpc) is 2.47. The smallest absolute Gasteiger partial charge is 0.224 e. The summed E-state index contributed by atoms with van der Waals surface area (Å²) in [4.78, 5) is 11.5. The molecule has 0 saturated heterocycles. The van der Waals surface area contributed by atoms with Crippen LogP contribution in [0.4, 0.5) is 11.8 Å². The van der Waals surface area contributed by atoms with Gasteiger partial charge in [0.05, 0.1) is 0 Å².